The molecule has 0 heterocycles. The van der Waals surface area contributed by atoms with Crippen LogP contribution in [0.3, 0.4) is 0 Å². The summed E-state index contributed by atoms with van der Waals surface area (Å²) in [6, 6.07) is 4.84. The highest BCUT2D eigenvalue weighted by Gasteiger charge is 2.06. The van der Waals surface area contributed by atoms with Crippen molar-refractivity contribution in [3.05, 3.63) is 35.1 Å². The van der Waals surface area contributed by atoms with Crippen molar-refractivity contribution in [1.29, 1.82) is 0 Å². The van der Waals surface area contributed by atoms with Gasteiger partial charge in [-0.2, -0.15) is 0 Å². The summed E-state index contributed by atoms with van der Waals surface area (Å²) in [6.07, 6.45) is 0.705. The summed E-state index contributed by atoms with van der Waals surface area (Å²) < 4.78 is 13.3. The van der Waals surface area contributed by atoms with Gasteiger partial charge in [0.1, 0.15) is 5.82 Å². The lowest BCUT2D eigenvalue weighted by Gasteiger charge is -2.08. The van der Waals surface area contributed by atoms with E-state index in [2.05, 4.69) is 0 Å². The molecule has 0 saturated carbocycles. The van der Waals surface area contributed by atoms with Crippen molar-refractivity contribution in [2.45, 2.75) is 19.4 Å². The Morgan fingerprint density at radius 3 is 2.62 bits per heavy atom. The zero-order valence-electron chi connectivity index (χ0n) is 7.76. The van der Waals surface area contributed by atoms with Crippen molar-refractivity contribution in [3.63, 3.8) is 0 Å². The largest absolute Gasteiger partial charge is 0.330 e. The van der Waals surface area contributed by atoms with E-state index in [9.17, 15) is 4.39 Å². The van der Waals surface area contributed by atoms with Crippen molar-refractivity contribution in [2.75, 3.05) is 6.54 Å². The predicted molar refractivity (Wildman–Crippen MR) is 51.8 cm³/mol. The van der Waals surface area contributed by atoms with Crippen LogP contribution in [0.2, 0.25) is 0 Å². The van der Waals surface area contributed by atoms with Gasteiger partial charge in [0.2, 0.25) is 0 Å². The Balaban J connectivity index is 2.92. The average molecular weight is 182 g/mol. The summed E-state index contributed by atoms with van der Waals surface area (Å²) in [5, 5.41) is 0. The second kappa shape index (κ2) is 4.35. The smallest absolute Gasteiger partial charge is 0.128 e. The molecule has 0 fully saturated rings. The molecule has 0 aromatic heterocycles. The van der Waals surface area contributed by atoms with E-state index < -0.39 is 0 Å². The quantitative estimate of drug-likeness (QED) is 0.741. The van der Waals surface area contributed by atoms with E-state index in [1.54, 1.807) is 13.0 Å². The topological polar surface area (TPSA) is 52.0 Å². The molecule has 1 aromatic rings. The SMILES string of the molecule is CC(N)c1ccc(CCN)cc1F. The number of benzene rings is 1. The van der Waals surface area contributed by atoms with Gasteiger partial charge in [0.05, 0.1) is 0 Å². The van der Waals surface area contributed by atoms with Crippen LogP contribution in [0.5, 0.6) is 0 Å². The molecule has 0 amide bonds. The van der Waals surface area contributed by atoms with Gasteiger partial charge in [0.15, 0.2) is 0 Å². The molecular formula is C10H15FN2. The van der Waals surface area contributed by atoms with E-state index in [4.69, 9.17) is 11.5 Å². The molecule has 2 nitrogen and oxygen atoms in total. The molecule has 0 bridgehead atoms. The van der Waals surface area contributed by atoms with Gasteiger partial charge in [-0.3, -0.25) is 0 Å². The van der Waals surface area contributed by atoms with Crippen LogP contribution in [0.25, 0.3) is 0 Å². The van der Waals surface area contributed by atoms with Crippen molar-refractivity contribution in [2.24, 2.45) is 11.5 Å². The Labute approximate surface area is 77.7 Å². The van der Waals surface area contributed by atoms with Crippen LogP contribution < -0.4 is 11.5 Å². The summed E-state index contributed by atoms with van der Waals surface area (Å²) in [5.41, 5.74) is 12.4. The van der Waals surface area contributed by atoms with Crippen molar-refractivity contribution in [3.8, 4) is 0 Å². The van der Waals surface area contributed by atoms with E-state index in [0.717, 1.165) is 5.56 Å². The van der Waals surface area contributed by atoms with E-state index in [1.165, 1.54) is 6.07 Å². The number of hydrogen-bond acceptors (Lipinski definition) is 2. The third-order valence-corrected chi connectivity index (χ3v) is 1.99. The normalized spacial score (nSPS) is 12.9. The molecule has 1 rings (SSSR count). The Hall–Kier alpha value is -0.930. The Morgan fingerprint density at radius 2 is 2.15 bits per heavy atom. The predicted octanol–water partition coefficient (Wildman–Crippen LogP) is 1.35. The van der Waals surface area contributed by atoms with Gasteiger partial charge in [-0.05, 0) is 31.5 Å². The zero-order valence-corrected chi connectivity index (χ0v) is 7.76. The fourth-order valence-corrected chi connectivity index (χ4v) is 1.26. The van der Waals surface area contributed by atoms with Gasteiger partial charge in [0.25, 0.3) is 0 Å². The average Bonchev–Trinajstić information content (AvgIpc) is 2.04. The molecule has 3 heteroatoms. The van der Waals surface area contributed by atoms with Crippen LogP contribution in [0.4, 0.5) is 4.39 Å². The highest BCUT2D eigenvalue weighted by molar-refractivity contribution is 5.26. The lowest BCUT2D eigenvalue weighted by molar-refractivity contribution is 0.591. The summed E-state index contributed by atoms with van der Waals surface area (Å²) >= 11 is 0. The van der Waals surface area contributed by atoms with Gasteiger partial charge in [0, 0.05) is 11.6 Å². The highest BCUT2D eigenvalue weighted by Crippen LogP contribution is 2.16. The minimum atomic E-state index is -0.257. The first kappa shape index (κ1) is 10.2. The minimum Gasteiger partial charge on any atom is -0.330 e. The second-order valence-corrected chi connectivity index (χ2v) is 3.18. The van der Waals surface area contributed by atoms with Gasteiger partial charge >= 0.3 is 0 Å². The molecule has 0 aliphatic carbocycles. The van der Waals surface area contributed by atoms with Crippen LogP contribution in [-0.4, -0.2) is 6.54 Å². The van der Waals surface area contributed by atoms with Gasteiger partial charge in [-0.1, -0.05) is 12.1 Å². The fraction of sp³-hybridized carbons (Fsp3) is 0.400. The monoisotopic (exact) mass is 182 g/mol. The maximum Gasteiger partial charge on any atom is 0.128 e. The molecule has 4 N–H and O–H groups in total. The second-order valence-electron chi connectivity index (χ2n) is 3.18. The first-order valence-electron chi connectivity index (χ1n) is 4.39. The van der Waals surface area contributed by atoms with E-state index in [0.29, 0.717) is 18.5 Å². The lowest BCUT2D eigenvalue weighted by atomic mass is 10.0. The summed E-state index contributed by atoms with van der Waals surface area (Å²) in [7, 11) is 0. The first-order chi connectivity index (χ1) is 6.15. The van der Waals surface area contributed by atoms with Gasteiger partial charge < -0.3 is 11.5 Å². The molecule has 0 spiro atoms. The Kier molecular flexibility index (Phi) is 3.39. The standard InChI is InChI=1S/C10H15FN2/c1-7(13)9-3-2-8(4-5-12)6-10(9)11/h2-3,6-7H,4-5,12-13H2,1H3. The maximum atomic E-state index is 13.3. The molecule has 1 atom stereocenters. The zero-order chi connectivity index (χ0) is 9.84. The summed E-state index contributed by atoms with van der Waals surface area (Å²) in [6.45, 7) is 2.30. The molecule has 72 valence electrons. The number of hydrogen-bond donors (Lipinski definition) is 2. The Morgan fingerprint density at radius 1 is 1.46 bits per heavy atom. The van der Waals surface area contributed by atoms with Crippen molar-refractivity contribution in [1.82, 2.24) is 0 Å². The molecule has 1 aromatic carbocycles. The van der Waals surface area contributed by atoms with Gasteiger partial charge in [-0.25, -0.2) is 4.39 Å². The first-order valence-corrected chi connectivity index (χ1v) is 4.39. The number of nitrogens with two attached hydrogens (primary N) is 2. The van der Waals surface area contributed by atoms with Crippen LogP contribution in [0.1, 0.15) is 24.1 Å². The van der Waals surface area contributed by atoms with Crippen LogP contribution in [0.15, 0.2) is 18.2 Å². The molecule has 0 aliphatic heterocycles. The van der Waals surface area contributed by atoms with Crippen LogP contribution in [0, 0.1) is 5.82 Å². The molecule has 1 unspecified atom stereocenters. The minimum absolute atomic E-state index is 0.235. The number of halogens is 1. The molecule has 13 heavy (non-hydrogen) atoms. The van der Waals surface area contributed by atoms with Crippen LogP contribution in [-0.2, 0) is 6.42 Å². The number of rotatable bonds is 3. The molecule has 0 aliphatic rings. The maximum absolute atomic E-state index is 13.3. The molecular weight excluding hydrogens is 167 g/mol. The van der Waals surface area contributed by atoms with E-state index in [-0.39, 0.29) is 11.9 Å². The van der Waals surface area contributed by atoms with Crippen LogP contribution >= 0.6 is 0 Å². The molecule has 0 radical (unpaired) electrons. The summed E-state index contributed by atoms with van der Waals surface area (Å²) in [4.78, 5) is 0. The Bertz CT molecular complexity index is 284. The van der Waals surface area contributed by atoms with Crippen molar-refractivity contribution < 1.29 is 4.39 Å². The van der Waals surface area contributed by atoms with Crippen molar-refractivity contribution >= 4 is 0 Å². The lowest BCUT2D eigenvalue weighted by Crippen LogP contribution is -2.08. The third-order valence-electron chi connectivity index (χ3n) is 1.99. The van der Waals surface area contributed by atoms with Gasteiger partial charge in [-0.15, -0.1) is 0 Å². The van der Waals surface area contributed by atoms with E-state index >= 15 is 0 Å². The highest BCUT2D eigenvalue weighted by atomic mass is 19.1. The fourth-order valence-electron chi connectivity index (χ4n) is 1.26. The van der Waals surface area contributed by atoms with E-state index in [1.807, 2.05) is 6.07 Å². The summed E-state index contributed by atoms with van der Waals surface area (Å²) in [5.74, 6) is -0.235. The third kappa shape index (κ3) is 2.50. The molecule has 0 saturated heterocycles.